The van der Waals surface area contributed by atoms with Gasteiger partial charge in [-0.3, -0.25) is 4.79 Å². The number of ether oxygens (including phenoxy) is 2. The molecule has 2 aromatic rings. The van der Waals surface area contributed by atoms with Gasteiger partial charge in [0.25, 0.3) is 15.9 Å². The molecule has 2 atom stereocenters. The zero-order valence-electron chi connectivity index (χ0n) is 20.0. The van der Waals surface area contributed by atoms with Crippen molar-refractivity contribution < 1.29 is 27.5 Å². The summed E-state index contributed by atoms with van der Waals surface area (Å²) >= 11 is 0. The maximum atomic E-state index is 13.4. The number of sulfonamides is 1. The van der Waals surface area contributed by atoms with Crippen LogP contribution in [-0.2, 0) is 14.8 Å². The number of hydrogen-bond acceptors (Lipinski definition) is 6. The Hall–Kier alpha value is -3.07. The first-order valence-corrected chi connectivity index (χ1v) is 13.5. The van der Waals surface area contributed by atoms with Gasteiger partial charge in [-0.1, -0.05) is 23.8 Å². The van der Waals surface area contributed by atoms with E-state index in [0.29, 0.717) is 35.1 Å². The van der Waals surface area contributed by atoms with Crippen molar-refractivity contribution in [3.8, 4) is 11.5 Å². The molecule has 5 rings (SSSR count). The highest BCUT2D eigenvalue weighted by atomic mass is 32.2. The highest BCUT2D eigenvalue weighted by molar-refractivity contribution is 7.90. The molecule has 3 fully saturated rings. The minimum atomic E-state index is -4.29. The lowest BCUT2D eigenvalue weighted by atomic mass is 9.92. The smallest absolute Gasteiger partial charge is 0.339 e. The number of nitrogens with zero attached hydrogens (tertiary/aromatic N) is 1. The summed E-state index contributed by atoms with van der Waals surface area (Å²) in [5.74, 6) is 0.608. The lowest BCUT2D eigenvalue weighted by molar-refractivity contribution is -0.127. The summed E-state index contributed by atoms with van der Waals surface area (Å²) in [7, 11) is -2.69. The third-order valence-corrected chi connectivity index (χ3v) is 9.13. The standard InChI is InChI=1S/C26H30N2O6S/c1-17-7-10-21(11-8-17)35(31,32)28-24(29)26(27-25(28)30)14-13-19(16-26)18-9-12-22(33-2)23(15-18)34-20-5-3-4-6-20/h7-12,15,19-20H,3-6,13-14,16H2,1-2H3,(H,27,30)/t19-,26+/m0/s1. The Labute approximate surface area is 205 Å². The molecule has 35 heavy (non-hydrogen) atoms. The number of methoxy groups -OCH3 is 1. The van der Waals surface area contributed by atoms with Crippen LogP contribution in [0, 0.1) is 6.92 Å². The Balaban J connectivity index is 1.38. The highest BCUT2D eigenvalue weighted by Gasteiger charge is 2.58. The van der Waals surface area contributed by atoms with Crippen LogP contribution in [0.1, 0.15) is 62.0 Å². The molecule has 2 saturated carbocycles. The van der Waals surface area contributed by atoms with Crippen LogP contribution in [0.5, 0.6) is 11.5 Å². The van der Waals surface area contributed by atoms with Crippen LogP contribution < -0.4 is 14.8 Å². The van der Waals surface area contributed by atoms with Crippen molar-refractivity contribution in [3.63, 3.8) is 0 Å². The van der Waals surface area contributed by atoms with E-state index < -0.39 is 27.5 Å². The van der Waals surface area contributed by atoms with Gasteiger partial charge >= 0.3 is 6.03 Å². The lowest BCUT2D eigenvalue weighted by Crippen LogP contribution is -2.45. The molecule has 9 heteroatoms. The predicted molar refractivity (Wildman–Crippen MR) is 129 cm³/mol. The van der Waals surface area contributed by atoms with Gasteiger partial charge in [0.1, 0.15) is 5.54 Å². The number of carbonyl (C=O) groups is 2. The van der Waals surface area contributed by atoms with Gasteiger partial charge in [0.15, 0.2) is 11.5 Å². The van der Waals surface area contributed by atoms with Gasteiger partial charge < -0.3 is 14.8 Å². The fraction of sp³-hybridized carbons (Fsp3) is 0.462. The first kappa shape index (κ1) is 23.7. The van der Waals surface area contributed by atoms with Crippen LogP contribution in [0.2, 0.25) is 0 Å². The molecule has 0 aromatic heterocycles. The average molecular weight is 499 g/mol. The van der Waals surface area contributed by atoms with E-state index in [9.17, 15) is 18.0 Å². The zero-order chi connectivity index (χ0) is 24.8. The van der Waals surface area contributed by atoms with E-state index in [0.717, 1.165) is 36.8 Å². The van der Waals surface area contributed by atoms with Crippen LogP contribution in [-0.4, -0.2) is 43.4 Å². The molecule has 0 radical (unpaired) electrons. The molecular weight excluding hydrogens is 468 g/mol. The molecule has 0 unspecified atom stereocenters. The maximum Gasteiger partial charge on any atom is 0.339 e. The molecule has 2 aliphatic carbocycles. The van der Waals surface area contributed by atoms with Crippen LogP contribution in [0.15, 0.2) is 47.4 Å². The van der Waals surface area contributed by atoms with Crippen molar-refractivity contribution in [2.24, 2.45) is 0 Å². The Morgan fingerprint density at radius 1 is 1.00 bits per heavy atom. The largest absolute Gasteiger partial charge is 0.493 e. The third kappa shape index (κ3) is 4.16. The Morgan fingerprint density at radius 3 is 2.40 bits per heavy atom. The molecular formula is C26H30N2O6S. The quantitative estimate of drug-likeness (QED) is 0.597. The lowest BCUT2D eigenvalue weighted by Gasteiger charge is -2.22. The second-order valence-electron chi connectivity index (χ2n) is 9.77. The van der Waals surface area contributed by atoms with Gasteiger partial charge in [-0.05, 0) is 87.6 Å². The Morgan fingerprint density at radius 2 is 1.71 bits per heavy atom. The summed E-state index contributed by atoms with van der Waals surface area (Å²) in [4.78, 5) is 26.1. The number of benzene rings is 2. The molecule has 3 aliphatic rings. The minimum absolute atomic E-state index is 0.0295. The van der Waals surface area contributed by atoms with Crippen molar-refractivity contribution in [2.75, 3.05) is 7.11 Å². The van der Waals surface area contributed by atoms with Gasteiger partial charge in [0.05, 0.1) is 18.1 Å². The molecule has 8 nitrogen and oxygen atoms in total. The van der Waals surface area contributed by atoms with E-state index in [2.05, 4.69) is 5.32 Å². The number of amides is 3. The topological polar surface area (TPSA) is 102 Å². The van der Waals surface area contributed by atoms with Crippen LogP contribution >= 0.6 is 0 Å². The van der Waals surface area contributed by atoms with E-state index in [-0.39, 0.29) is 16.9 Å². The molecule has 1 saturated heterocycles. The molecule has 1 aliphatic heterocycles. The number of nitrogens with one attached hydrogen (secondary N) is 1. The third-order valence-electron chi connectivity index (χ3n) is 7.45. The van der Waals surface area contributed by atoms with Gasteiger partial charge in [-0.2, -0.15) is 0 Å². The van der Waals surface area contributed by atoms with Crippen molar-refractivity contribution >= 4 is 22.0 Å². The molecule has 1 N–H and O–H groups in total. The first-order valence-electron chi connectivity index (χ1n) is 12.1. The summed E-state index contributed by atoms with van der Waals surface area (Å²) in [6.07, 6.45) is 5.85. The van der Waals surface area contributed by atoms with E-state index in [4.69, 9.17) is 9.47 Å². The summed E-state index contributed by atoms with van der Waals surface area (Å²) in [6.45, 7) is 1.83. The molecule has 2 aromatic carbocycles. The maximum absolute atomic E-state index is 13.4. The fourth-order valence-corrected chi connectivity index (χ4v) is 6.84. The first-order chi connectivity index (χ1) is 16.7. The predicted octanol–water partition coefficient (Wildman–Crippen LogP) is 4.27. The SMILES string of the molecule is COc1ccc([C@H]2CC[C@]3(C2)NC(=O)N(S(=O)(=O)c2ccc(C)cc2)C3=O)cc1OC1CCCC1. The van der Waals surface area contributed by atoms with Crippen molar-refractivity contribution in [1.29, 1.82) is 0 Å². The van der Waals surface area contributed by atoms with Gasteiger partial charge in [-0.15, -0.1) is 4.31 Å². The number of hydrogen-bond donors (Lipinski definition) is 1. The Kier molecular flexibility index (Phi) is 5.99. The van der Waals surface area contributed by atoms with Crippen molar-refractivity contribution in [2.45, 2.75) is 74.3 Å². The second-order valence-corrected chi connectivity index (χ2v) is 11.6. The Bertz CT molecular complexity index is 1250. The summed E-state index contributed by atoms with van der Waals surface area (Å²) in [5.41, 5.74) is 0.635. The van der Waals surface area contributed by atoms with Gasteiger partial charge in [0, 0.05) is 0 Å². The second kappa shape index (κ2) is 8.86. The summed E-state index contributed by atoms with van der Waals surface area (Å²) in [6, 6.07) is 11.0. The van der Waals surface area contributed by atoms with E-state index in [1.165, 1.54) is 12.1 Å². The fourth-order valence-electron chi connectivity index (χ4n) is 5.49. The zero-order valence-corrected chi connectivity index (χ0v) is 20.8. The number of carbonyl (C=O) groups excluding carboxylic acids is 2. The molecule has 0 bridgehead atoms. The summed E-state index contributed by atoms with van der Waals surface area (Å²) < 4.78 is 38.4. The van der Waals surface area contributed by atoms with Gasteiger partial charge in [-0.25, -0.2) is 13.2 Å². The molecule has 1 spiro atoms. The van der Waals surface area contributed by atoms with E-state index in [1.54, 1.807) is 19.2 Å². The average Bonchev–Trinajstić information content (AvgIpc) is 3.55. The molecule has 186 valence electrons. The van der Waals surface area contributed by atoms with Crippen molar-refractivity contribution in [1.82, 2.24) is 9.62 Å². The minimum Gasteiger partial charge on any atom is -0.493 e. The highest BCUT2D eigenvalue weighted by Crippen LogP contribution is 2.46. The van der Waals surface area contributed by atoms with E-state index >= 15 is 0 Å². The molecule has 1 heterocycles. The van der Waals surface area contributed by atoms with E-state index in [1.807, 2.05) is 25.1 Å². The normalized spacial score (nSPS) is 24.9. The number of aryl methyl sites for hydroxylation is 1. The summed E-state index contributed by atoms with van der Waals surface area (Å²) in [5, 5.41) is 2.71. The molecule has 3 amide bonds. The number of imide groups is 1. The van der Waals surface area contributed by atoms with Crippen LogP contribution in [0.3, 0.4) is 0 Å². The number of urea groups is 1. The van der Waals surface area contributed by atoms with Crippen molar-refractivity contribution in [3.05, 3.63) is 53.6 Å². The number of rotatable bonds is 6. The monoisotopic (exact) mass is 498 g/mol. The van der Waals surface area contributed by atoms with Gasteiger partial charge in [0.2, 0.25) is 0 Å². The van der Waals surface area contributed by atoms with Crippen LogP contribution in [0.4, 0.5) is 4.79 Å². The van der Waals surface area contributed by atoms with Crippen LogP contribution in [0.25, 0.3) is 0 Å².